The van der Waals surface area contributed by atoms with Crippen molar-refractivity contribution in [3.05, 3.63) is 35.9 Å². The van der Waals surface area contributed by atoms with E-state index in [1.807, 2.05) is 0 Å². The molecule has 6 nitrogen and oxygen atoms in total. The average Bonchev–Trinajstić information content (AvgIpc) is 2.54. The molecule has 0 aromatic heterocycles. The zero-order chi connectivity index (χ0) is 18.6. The van der Waals surface area contributed by atoms with Crippen molar-refractivity contribution in [3.63, 3.8) is 0 Å². The maximum atomic E-state index is 12.6. The van der Waals surface area contributed by atoms with E-state index in [1.165, 1.54) is 6.92 Å². The standard InChI is InChI=1S/C19H24O6/c1-4-24-17(21)15-13(20)11-19(3,23)16(18(22)25-5-2)14(15)12-9-7-6-8-10-12/h6-10,14-16,23H,4-5,11H2,1-3H3/t14-,15-,16+,19+/m1/s1. The summed E-state index contributed by atoms with van der Waals surface area (Å²) in [6.07, 6.45) is -0.302. The smallest absolute Gasteiger partial charge is 0.317 e. The van der Waals surface area contributed by atoms with Gasteiger partial charge in [-0.2, -0.15) is 0 Å². The molecule has 0 amide bonds. The minimum atomic E-state index is -1.60. The number of ketones is 1. The Bertz CT molecular complexity index is 637. The molecule has 1 aliphatic carbocycles. The molecular formula is C19H24O6. The van der Waals surface area contributed by atoms with Crippen LogP contribution in [0.15, 0.2) is 30.3 Å². The molecule has 0 bridgehead atoms. The first-order valence-electron chi connectivity index (χ1n) is 8.46. The van der Waals surface area contributed by atoms with Crippen molar-refractivity contribution >= 4 is 17.7 Å². The number of hydrogen-bond donors (Lipinski definition) is 1. The number of esters is 2. The minimum absolute atomic E-state index is 0.130. The number of benzene rings is 1. The fourth-order valence-electron chi connectivity index (χ4n) is 3.55. The quantitative estimate of drug-likeness (QED) is 0.645. The van der Waals surface area contributed by atoms with Crippen LogP contribution in [0.5, 0.6) is 0 Å². The normalized spacial score (nSPS) is 29.1. The van der Waals surface area contributed by atoms with Crippen molar-refractivity contribution in [1.82, 2.24) is 0 Å². The molecular weight excluding hydrogens is 324 g/mol. The number of carbonyl (C=O) groups excluding carboxylic acids is 3. The number of Topliss-reactive ketones (excluding diaryl/α,β-unsaturated/α-hetero) is 1. The van der Waals surface area contributed by atoms with Gasteiger partial charge in [0.05, 0.1) is 24.7 Å². The number of rotatable bonds is 5. The molecule has 2 rings (SSSR count). The maximum absolute atomic E-state index is 12.6. The topological polar surface area (TPSA) is 89.9 Å². The molecule has 0 radical (unpaired) electrons. The molecule has 1 aromatic carbocycles. The summed E-state index contributed by atoms with van der Waals surface area (Å²) < 4.78 is 10.2. The van der Waals surface area contributed by atoms with Crippen LogP contribution in [0.4, 0.5) is 0 Å². The predicted octanol–water partition coefficient (Wildman–Crippen LogP) is 1.85. The van der Waals surface area contributed by atoms with Gasteiger partial charge in [-0.15, -0.1) is 0 Å². The van der Waals surface area contributed by atoms with Crippen molar-refractivity contribution in [2.24, 2.45) is 11.8 Å². The third kappa shape index (κ3) is 3.90. The van der Waals surface area contributed by atoms with Crippen LogP contribution in [0, 0.1) is 11.8 Å². The van der Waals surface area contributed by atoms with E-state index in [0.29, 0.717) is 5.56 Å². The average molecular weight is 348 g/mol. The van der Waals surface area contributed by atoms with Gasteiger partial charge in [0.2, 0.25) is 0 Å². The Balaban J connectivity index is 2.57. The highest BCUT2D eigenvalue weighted by Crippen LogP contribution is 2.46. The summed E-state index contributed by atoms with van der Waals surface area (Å²) in [6.45, 7) is 5.03. The fourth-order valence-corrected chi connectivity index (χ4v) is 3.55. The van der Waals surface area contributed by atoms with E-state index in [-0.39, 0.29) is 19.6 Å². The molecule has 6 heteroatoms. The number of aliphatic hydroxyl groups is 1. The number of ether oxygens (including phenoxy) is 2. The van der Waals surface area contributed by atoms with Crippen LogP contribution in [0.3, 0.4) is 0 Å². The second-order valence-corrected chi connectivity index (χ2v) is 6.40. The van der Waals surface area contributed by atoms with Gasteiger partial charge in [-0.1, -0.05) is 30.3 Å². The van der Waals surface area contributed by atoms with Gasteiger partial charge < -0.3 is 14.6 Å². The molecule has 0 heterocycles. The Morgan fingerprint density at radius 3 is 2.24 bits per heavy atom. The van der Waals surface area contributed by atoms with Gasteiger partial charge in [0.1, 0.15) is 5.92 Å². The molecule has 136 valence electrons. The molecule has 0 spiro atoms. The maximum Gasteiger partial charge on any atom is 0.317 e. The summed E-state index contributed by atoms with van der Waals surface area (Å²) in [5.41, 5.74) is -0.987. The Hall–Kier alpha value is -2.21. The van der Waals surface area contributed by atoms with E-state index in [2.05, 4.69) is 0 Å². The van der Waals surface area contributed by atoms with Crippen LogP contribution in [0.1, 0.15) is 38.7 Å². The number of hydrogen-bond acceptors (Lipinski definition) is 6. The Kier molecular flexibility index (Phi) is 5.95. The molecule has 1 aliphatic rings. The van der Waals surface area contributed by atoms with Crippen LogP contribution in [-0.2, 0) is 23.9 Å². The van der Waals surface area contributed by atoms with E-state index < -0.39 is 41.1 Å². The van der Waals surface area contributed by atoms with E-state index >= 15 is 0 Å². The van der Waals surface area contributed by atoms with E-state index in [4.69, 9.17) is 9.47 Å². The second kappa shape index (κ2) is 7.78. The Morgan fingerprint density at radius 1 is 1.12 bits per heavy atom. The lowest BCUT2D eigenvalue weighted by atomic mass is 9.62. The highest BCUT2D eigenvalue weighted by Gasteiger charge is 2.57. The molecule has 0 unspecified atom stereocenters. The Morgan fingerprint density at radius 2 is 1.68 bits per heavy atom. The van der Waals surface area contributed by atoms with E-state index in [9.17, 15) is 19.5 Å². The Labute approximate surface area is 147 Å². The summed E-state index contributed by atoms with van der Waals surface area (Å²) >= 11 is 0. The van der Waals surface area contributed by atoms with Crippen molar-refractivity contribution in [2.45, 2.75) is 38.7 Å². The third-order valence-electron chi connectivity index (χ3n) is 4.53. The van der Waals surface area contributed by atoms with Crippen molar-refractivity contribution < 1.29 is 29.0 Å². The lowest BCUT2D eigenvalue weighted by Crippen LogP contribution is -2.55. The highest BCUT2D eigenvalue weighted by atomic mass is 16.5. The molecule has 0 saturated heterocycles. The third-order valence-corrected chi connectivity index (χ3v) is 4.53. The zero-order valence-corrected chi connectivity index (χ0v) is 14.7. The van der Waals surface area contributed by atoms with Crippen LogP contribution in [0.2, 0.25) is 0 Å². The second-order valence-electron chi connectivity index (χ2n) is 6.40. The minimum Gasteiger partial charge on any atom is -0.466 e. The molecule has 4 atom stereocenters. The first kappa shape index (κ1) is 19.1. The van der Waals surface area contributed by atoms with Crippen LogP contribution >= 0.6 is 0 Å². The molecule has 1 N–H and O–H groups in total. The first-order valence-corrected chi connectivity index (χ1v) is 8.46. The first-order chi connectivity index (χ1) is 11.8. The van der Waals surface area contributed by atoms with Crippen molar-refractivity contribution in [3.8, 4) is 0 Å². The summed E-state index contributed by atoms with van der Waals surface area (Å²) in [4.78, 5) is 37.7. The summed E-state index contributed by atoms with van der Waals surface area (Å²) in [5, 5.41) is 10.8. The predicted molar refractivity (Wildman–Crippen MR) is 89.7 cm³/mol. The van der Waals surface area contributed by atoms with Crippen molar-refractivity contribution in [2.75, 3.05) is 13.2 Å². The SMILES string of the molecule is CCOC(=O)[C@@H]1C(=O)C[C@](C)(O)[C@H](C(=O)OCC)[C@@H]1c1ccccc1. The van der Waals surface area contributed by atoms with E-state index in [0.717, 1.165) is 0 Å². The van der Waals surface area contributed by atoms with Gasteiger partial charge in [-0.05, 0) is 26.3 Å². The summed E-state index contributed by atoms with van der Waals surface area (Å²) in [6, 6.07) is 8.78. The molecule has 1 fully saturated rings. The van der Waals surface area contributed by atoms with Gasteiger partial charge in [-0.3, -0.25) is 14.4 Å². The van der Waals surface area contributed by atoms with Gasteiger partial charge in [0, 0.05) is 12.3 Å². The highest BCUT2D eigenvalue weighted by molar-refractivity contribution is 6.02. The zero-order valence-electron chi connectivity index (χ0n) is 14.7. The molecule has 0 aliphatic heterocycles. The van der Waals surface area contributed by atoms with Gasteiger partial charge in [0.15, 0.2) is 5.78 Å². The van der Waals surface area contributed by atoms with Crippen LogP contribution < -0.4 is 0 Å². The van der Waals surface area contributed by atoms with Crippen molar-refractivity contribution in [1.29, 1.82) is 0 Å². The summed E-state index contributed by atoms with van der Waals surface area (Å²) in [7, 11) is 0. The van der Waals surface area contributed by atoms with Crippen LogP contribution in [-0.4, -0.2) is 41.6 Å². The molecule has 1 aromatic rings. The van der Waals surface area contributed by atoms with Gasteiger partial charge in [0.25, 0.3) is 0 Å². The lowest BCUT2D eigenvalue weighted by molar-refractivity contribution is -0.172. The molecule has 25 heavy (non-hydrogen) atoms. The number of carbonyl (C=O) groups is 3. The monoisotopic (exact) mass is 348 g/mol. The fraction of sp³-hybridized carbons (Fsp3) is 0.526. The molecule has 1 saturated carbocycles. The van der Waals surface area contributed by atoms with Gasteiger partial charge >= 0.3 is 11.9 Å². The van der Waals surface area contributed by atoms with Crippen LogP contribution in [0.25, 0.3) is 0 Å². The summed E-state index contributed by atoms with van der Waals surface area (Å²) in [5.74, 6) is -4.75. The van der Waals surface area contributed by atoms with E-state index in [1.54, 1.807) is 44.2 Å². The van der Waals surface area contributed by atoms with Gasteiger partial charge in [-0.25, -0.2) is 0 Å². The largest absolute Gasteiger partial charge is 0.466 e. The lowest BCUT2D eigenvalue weighted by Gasteiger charge is -2.43.